The Labute approximate surface area is 52.8 Å². The van der Waals surface area contributed by atoms with E-state index in [0.717, 1.165) is 0 Å². The van der Waals surface area contributed by atoms with Crippen molar-refractivity contribution in [3.63, 3.8) is 0 Å². The number of carboxylic acids is 1. The molecule has 0 bridgehead atoms. The van der Waals surface area contributed by atoms with Crippen LogP contribution in [0.25, 0.3) is 0 Å². The molecule has 1 aliphatic rings. The van der Waals surface area contributed by atoms with Gasteiger partial charge in [-0.3, -0.25) is 0 Å². The second-order valence-corrected chi connectivity index (χ2v) is 1.58. The molecular weight excluding hydrogens is 116 g/mol. The van der Waals surface area contributed by atoms with Crippen LogP contribution in [0.4, 0.5) is 0 Å². The lowest BCUT2D eigenvalue weighted by Gasteiger charge is -1.82. The van der Waals surface area contributed by atoms with E-state index in [9.17, 15) is 4.79 Å². The molecule has 0 radical (unpaired) electrons. The normalized spacial score (nSPS) is 14.4. The molecule has 1 aliphatic carbocycles. The quantitative estimate of drug-likeness (QED) is 0.524. The summed E-state index contributed by atoms with van der Waals surface area (Å²) in [5.74, 6) is -0.935. The van der Waals surface area contributed by atoms with Gasteiger partial charge in [0.15, 0.2) is 0 Å². The Balaban J connectivity index is 2.84. The summed E-state index contributed by atoms with van der Waals surface area (Å²) in [6, 6.07) is 0. The van der Waals surface area contributed by atoms with Crippen LogP contribution in [-0.2, 0) is 4.79 Å². The minimum Gasteiger partial charge on any atom is -0.432 e. The maximum Gasteiger partial charge on any atom is 0.429 e. The largest absolute Gasteiger partial charge is 0.432 e. The zero-order chi connectivity index (χ0) is 6.69. The number of rotatable bonds is 1. The van der Waals surface area contributed by atoms with E-state index in [2.05, 4.69) is 6.08 Å². The van der Waals surface area contributed by atoms with Gasteiger partial charge in [-0.1, -0.05) is 0 Å². The first kappa shape index (κ1) is 5.73. The second kappa shape index (κ2) is 2.25. The van der Waals surface area contributed by atoms with Crippen molar-refractivity contribution in [2.45, 2.75) is 0 Å². The maximum absolute atomic E-state index is 10.2. The maximum atomic E-state index is 10.2. The number of carbonyl (C=O) groups is 1. The van der Waals surface area contributed by atoms with Crippen molar-refractivity contribution in [1.82, 2.24) is 0 Å². The molecule has 0 aromatic carbocycles. The SMILES string of the molecule is O=C(O)C1=CC=CC=[C+]1. The summed E-state index contributed by atoms with van der Waals surface area (Å²) in [6.07, 6.45) is 9.04. The Morgan fingerprint density at radius 1 is 1.56 bits per heavy atom. The predicted molar refractivity (Wildman–Crippen MR) is 32.7 cm³/mol. The first-order valence-electron chi connectivity index (χ1n) is 2.51. The summed E-state index contributed by atoms with van der Waals surface area (Å²) >= 11 is 0. The highest BCUT2D eigenvalue weighted by Crippen LogP contribution is 2.00. The van der Waals surface area contributed by atoms with Gasteiger partial charge in [0.1, 0.15) is 0 Å². The predicted octanol–water partition coefficient (Wildman–Crippen LogP) is 0.927. The van der Waals surface area contributed by atoms with Gasteiger partial charge in [-0.25, -0.2) is 0 Å². The van der Waals surface area contributed by atoms with Crippen LogP contribution in [0.5, 0.6) is 0 Å². The second-order valence-electron chi connectivity index (χ2n) is 1.58. The van der Waals surface area contributed by atoms with Crippen molar-refractivity contribution in [2.24, 2.45) is 0 Å². The fourth-order valence-corrected chi connectivity index (χ4v) is 0.526. The highest BCUT2D eigenvalue weighted by molar-refractivity contribution is 5.89. The van der Waals surface area contributed by atoms with Gasteiger partial charge in [0, 0.05) is 24.3 Å². The number of hydrogen-bond acceptors (Lipinski definition) is 1. The highest BCUT2D eigenvalue weighted by atomic mass is 16.4. The molecular formula is C7H5O2+. The minimum atomic E-state index is -0.935. The van der Waals surface area contributed by atoms with Crippen LogP contribution in [0.1, 0.15) is 0 Å². The van der Waals surface area contributed by atoms with Gasteiger partial charge in [0.2, 0.25) is 5.57 Å². The van der Waals surface area contributed by atoms with E-state index >= 15 is 0 Å². The molecule has 9 heavy (non-hydrogen) atoms. The zero-order valence-electron chi connectivity index (χ0n) is 4.66. The molecule has 0 amide bonds. The first-order valence-corrected chi connectivity index (χ1v) is 2.51. The Bertz CT molecular complexity index is 209. The van der Waals surface area contributed by atoms with Crippen LogP contribution in [0.15, 0.2) is 29.9 Å². The molecule has 0 spiro atoms. The van der Waals surface area contributed by atoms with E-state index in [1.54, 1.807) is 18.2 Å². The molecule has 0 saturated heterocycles. The zero-order valence-corrected chi connectivity index (χ0v) is 4.66. The molecule has 2 nitrogen and oxygen atoms in total. The Kier molecular flexibility index (Phi) is 1.43. The van der Waals surface area contributed by atoms with Gasteiger partial charge < -0.3 is 5.11 Å². The van der Waals surface area contributed by atoms with Gasteiger partial charge in [-0.05, 0) is 0 Å². The molecule has 0 aliphatic heterocycles. The highest BCUT2D eigenvalue weighted by Gasteiger charge is 2.12. The Hall–Kier alpha value is -1.40. The van der Waals surface area contributed by atoms with Crippen molar-refractivity contribution < 1.29 is 9.90 Å². The molecule has 0 heterocycles. The van der Waals surface area contributed by atoms with Crippen molar-refractivity contribution in [3.05, 3.63) is 36.0 Å². The van der Waals surface area contributed by atoms with E-state index in [0.29, 0.717) is 0 Å². The van der Waals surface area contributed by atoms with Gasteiger partial charge in [-0.15, -0.1) is 0 Å². The van der Waals surface area contributed by atoms with Crippen LogP contribution in [0.2, 0.25) is 0 Å². The van der Waals surface area contributed by atoms with Gasteiger partial charge >= 0.3 is 5.97 Å². The Morgan fingerprint density at radius 3 is 2.67 bits per heavy atom. The summed E-state index contributed by atoms with van der Waals surface area (Å²) in [5, 5.41) is 8.35. The summed E-state index contributed by atoms with van der Waals surface area (Å²) in [5.41, 5.74) is 0.206. The van der Waals surface area contributed by atoms with E-state index < -0.39 is 5.97 Å². The summed E-state index contributed by atoms with van der Waals surface area (Å²) in [6.45, 7) is 0. The average molecular weight is 121 g/mol. The number of allylic oxidation sites excluding steroid dienone is 4. The molecule has 1 rings (SSSR count). The smallest absolute Gasteiger partial charge is 0.429 e. The molecule has 0 fully saturated rings. The molecule has 0 aromatic rings. The third-order valence-corrected chi connectivity index (χ3v) is 0.939. The van der Waals surface area contributed by atoms with E-state index in [1.165, 1.54) is 6.08 Å². The standard InChI is InChI=1S/C7H4O2/c8-7(9)6-4-2-1-3-5-6/h1-4H/p+1. The number of aliphatic carboxylic acids is 1. The molecule has 44 valence electrons. The molecule has 2 heteroatoms. The Morgan fingerprint density at radius 2 is 2.33 bits per heavy atom. The minimum absolute atomic E-state index is 0.206. The molecule has 0 aromatic heterocycles. The van der Waals surface area contributed by atoms with Crippen LogP contribution in [0, 0.1) is 6.08 Å². The molecule has 0 unspecified atom stereocenters. The molecule has 1 N–H and O–H groups in total. The lowest BCUT2D eigenvalue weighted by Crippen LogP contribution is -1.98. The lowest BCUT2D eigenvalue weighted by atomic mass is 10.2. The summed E-state index contributed by atoms with van der Waals surface area (Å²) in [7, 11) is 0. The monoisotopic (exact) mass is 121 g/mol. The fourth-order valence-electron chi connectivity index (χ4n) is 0.526. The number of hydrogen-bond donors (Lipinski definition) is 1. The topological polar surface area (TPSA) is 37.3 Å². The van der Waals surface area contributed by atoms with Crippen molar-refractivity contribution in [3.8, 4) is 0 Å². The van der Waals surface area contributed by atoms with Crippen molar-refractivity contribution in [1.29, 1.82) is 0 Å². The average Bonchev–Trinajstić information content (AvgIpc) is 1.90. The van der Waals surface area contributed by atoms with E-state index in [4.69, 9.17) is 5.11 Å². The fraction of sp³-hybridized carbons (Fsp3) is 0. The van der Waals surface area contributed by atoms with E-state index in [-0.39, 0.29) is 5.57 Å². The number of carboxylic acid groups (broad SMARTS) is 1. The summed E-state index contributed by atoms with van der Waals surface area (Å²) < 4.78 is 0. The van der Waals surface area contributed by atoms with Crippen LogP contribution in [-0.4, -0.2) is 11.1 Å². The van der Waals surface area contributed by atoms with E-state index in [1.807, 2.05) is 0 Å². The molecule has 0 atom stereocenters. The molecule has 0 saturated carbocycles. The summed E-state index contributed by atoms with van der Waals surface area (Å²) in [4.78, 5) is 10.2. The lowest BCUT2D eigenvalue weighted by molar-refractivity contribution is -0.132. The third-order valence-electron chi connectivity index (χ3n) is 0.939. The van der Waals surface area contributed by atoms with Crippen LogP contribution in [0.3, 0.4) is 0 Å². The van der Waals surface area contributed by atoms with Crippen LogP contribution >= 0.6 is 0 Å². The van der Waals surface area contributed by atoms with Gasteiger partial charge in [-0.2, -0.15) is 4.79 Å². The van der Waals surface area contributed by atoms with Gasteiger partial charge in [0.25, 0.3) is 0 Å². The van der Waals surface area contributed by atoms with Crippen molar-refractivity contribution in [2.75, 3.05) is 0 Å². The first-order chi connectivity index (χ1) is 4.30. The van der Waals surface area contributed by atoms with Crippen LogP contribution < -0.4 is 0 Å². The van der Waals surface area contributed by atoms with Gasteiger partial charge in [0.05, 0.1) is 6.08 Å². The third kappa shape index (κ3) is 1.24. The van der Waals surface area contributed by atoms with Crippen molar-refractivity contribution >= 4 is 5.97 Å².